The van der Waals surface area contributed by atoms with Gasteiger partial charge in [0.2, 0.25) is 5.91 Å². The third-order valence-electron chi connectivity index (χ3n) is 3.86. The van der Waals surface area contributed by atoms with E-state index in [2.05, 4.69) is 15.5 Å². The molecule has 0 aliphatic rings. The van der Waals surface area contributed by atoms with Crippen LogP contribution in [0.3, 0.4) is 0 Å². The maximum atomic E-state index is 12.3. The predicted molar refractivity (Wildman–Crippen MR) is 108 cm³/mol. The number of aromatic nitrogens is 3. The van der Waals surface area contributed by atoms with Gasteiger partial charge in [-0.15, -0.1) is 10.2 Å². The molecule has 0 saturated carbocycles. The molecule has 8 nitrogen and oxygen atoms in total. The van der Waals surface area contributed by atoms with E-state index in [1.807, 2.05) is 41.8 Å². The molecule has 0 saturated heterocycles. The molecule has 1 N–H and O–H groups in total. The highest BCUT2D eigenvalue weighted by atomic mass is 35.5. The van der Waals surface area contributed by atoms with E-state index in [9.17, 15) is 14.9 Å². The fourth-order valence-electron chi connectivity index (χ4n) is 2.45. The van der Waals surface area contributed by atoms with Gasteiger partial charge in [0.1, 0.15) is 5.82 Å². The number of rotatable bonds is 7. The number of carbonyl (C=O) groups excluding carboxylic acids is 1. The summed E-state index contributed by atoms with van der Waals surface area (Å²) >= 11 is 7.26. The monoisotopic (exact) mass is 417 g/mol. The molecule has 0 atom stereocenters. The van der Waals surface area contributed by atoms with Gasteiger partial charge in [0.15, 0.2) is 5.16 Å². The zero-order chi connectivity index (χ0) is 20.1. The number of nitro benzene ring substituents is 1. The van der Waals surface area contributed by atoms with E-state index in [4.69, 9.17) is 11.6 Å². The van der Waals surface area contributed by atoms with Gasteiger partial charge in [0.25, 0.3) is 5.69 Å². The molecule has 0 aliphatic carbocycles. The summed E-state index contributed by atoms with van der Waals surface area (Å²) in [5, 5.41) is 22.4. The number of non-ortho nitro benzene ring substituents is 1. The number of carbonyl (C=O) groups is 1. The summed E-state index contributed by atoms with van der Waals surface area (Å²) in [5.74, 6) is 0.554. The number of hydrogen-bond acceptors (Lipinski definition) is 6. The van der Waals surface area contributed by atoms with Gasteiger partial charge in [-0.25, -0.2) is 0 Å². The molecule has 0 spiro atoms. The van der Waals surface area contributed by atoms with Gasteiger partial charge in [0.05, 0.1) is 27.9 Å². The lowest BCUT2D eigenvalue weighted by Gasteiger charge is -2.09. The maximum absolute atomic E-state index is 12.3. The van der Waals surface area contributed by atoms with Crippen molar-refractivity contribution >= 4 is 40.6 Å². The number of aryl methyl sites for hydroxylation is 1. The molecule has 144 valence electrons. The maximum Gasteiger partial charge on any atom is 0.271 e. The van der Waals surface area contributed by atoms with Gasteiger partial charge in [-0.3, -0.25) is 14.9 Å². The van der Waals surface area contributed by atoms with Crippen LogP contribution < -0.4 is 5.32 Å². The highest BCUT2D eigenvalue weighted by Crippen LogP contribution is 2.27. The molecule has 1 aromatic heterocycles. The standard InChI is InChI=1S/C18H16ClN5O3S/c1-12-21-22-18(23(12)10-13-5-3-2-4-6-13)28-11-17(25)20-16-8-7-14(24(26)27)9-15(16)19/h2-9H,10-11H2,1H3,(H,20,25). The number of benzene rings is 2. The van der Waals surface area contributed by atoms with Crippen molar-refractivity contribution in [2.45, 2.75) is 18.6 Å². The molecule has 0 bridgehead atoms. The van der Waals surface area contributed by atoms with Gasteiger partial charge in [-0.05, 0) is 18.6 Å². The molecular weight excluding hydrogens is 402 g/mol. The van der Waals surface area contributed by atoms with Crippen LogP contribution in [0.25, 0.3) is 0 Å². The molecule has 0 fully saturated rings. The van der Waals surface area contributed by atoms with Gasteiger partial charge < -0.3 is 9.88 Å². The molecule has 0 radical (unpaired) electrons. The molecule has 2 aromatic carbocycles. The largest absolute Gasteiger partial charge is 0.324 e. The van der Waals surface area contributed by atoms with E-state index < -0.39 is 4.92 Å². The Morgan fingerprint density at radius 3 is 2.68 bits per heavy atom. The molecular formula is C18H16ClN5O3S. The number of thioether (sulfide) groups is 1. The normalized spacial score (nSPS) is 10.6. The van der Waals surface area contributed by atoms with E-state index in [0.717, 1.165) is 11.4 Å². The van der Waals surface area contributed by atoms with Gasteiger partial charge in [-0.2, -0.15) is 0 Å². The van der Waals surface area contributed by atoms with Crippen molar-refractivity contribution in [3.8, 4) is 0 Å². The van der Waals surface area contributed by atoms with Crippen molar-refractivity contribution in [1.29, 1.82) is 0 Å². The first-order valence-electron chi connectivity index (χ1n) is 8.24. The molecule has 0 unspecified atom stereocenters. The number of halogens is 1. The van der Waals surface area contributed by atoms with Gasteiger partial charge in [0, 0.05) is 12.1 Å². The second kappa shape index (κ2) is 8.85. The lowest BCUT2D eigenvalue weighted by Crippen LogP contribution is -2.15. The smallest absolute Gasteiger partial charge is 0.271 e. The molecule has 0 aliphatic heterocycles. The van der Waals surface area contributed by atoms with Crippen molar-refractivity contribution in [3.05, 3.63) is 75.1 Å². The Bertz CT molecular complexity index is 1010. The average Bonchev–Trinajstić information content (AvgIpc) is 3.02. The van der Waals surface area contributed by atoms with Crippen molar-refractivity contribution in [2.24, 2.45) is 0 Å². The quantitative estimate of drug-likeness (QED) is 0.355. The van der Waals surface area contributed by atoms with Crippen LogP contribution in [0.5, 0.6) is 0 Å². The highest BCUT2D eigenvalue weighted by molar-refractivity contribution is 7.99. The third kappa shape index (κ3) is 4.87. The third-order valence-corrected chi connectivity index (χ3v) is 5.13. The Morgan fingerprint density at radius 1 is 1.25 bits per heavy atom. The van der Waals surface area contributed by atoms with Crippen molar-refractivity contribution in [2.75, 3.05) is 11.1 Å². The number of nitro groups is 1. The van der Waals surface area contributed by atoms with Crippen LogP contribution in [0.1, 0.15) is 11.4 Å². The van der Waals surface area contributed by atoms with Crippen LogP contribution >= 0.6 is 23.4 Å². The molecule has 28 heavy (non-hydrogen) atoms. The number of amides is 1. The number of hydrogen-bond donors (Lipinski definition) is 1. The van der Waals surface area contributed by atoms with E-state index in [0.29, 0.717) is 17.4 Å². The zero-order valence-electron chi connectivity index (χ0n) is 14.8. The van der Waals surface area contributed by atoms with Crippen LogP contribution in [0.4, 0.5) is 11.4 Å². The van der Waals surface area contributed by atoms with Crippen LogP contribution in [-0.4, -0.2) is 31.3 Å². The van der Waals surface area contributed by atoms with Crippen molar-refractivity contribution < 1.29 is 9.72 Å². The lowest BCUT2D eigenvalue weighted by molar-refractivity contribution is -0.384. The molecule has 3 aromatic rings. The lowest BCUT2D eigenvalue weighted by atomic mass is 10.2. The Balaban J connectivity index is 1.63. The summed E-state index contributed by atoms with van der Waals surface area (Å²) < 4.78 is 1.94. The zero-order valence-corrected chi connectivity index (χ0v) is 16.4. The molecule has 3 rings (SSSR count). The molecule has 10 heteroatoms. The first kappa shape index (κ1) is 19.8. The first-order chi connectivity index (χ1) is 13.4. The fourth-order valence-corrected chi connectivity index (χ4v) is 3.46. The Kier molecular flexibility index (Phi) is 6.27. The highest BCUT2D eigenvalue weighted by Gasteiger charge is 2.14. The molecule has 1 amide bonds. The van der Waals surface area contributed by atoms with Crippen LogP contribution in [0.2, 0.25) is 5.02 Å². The van der Waals surface area contributed by atoms with Crippen LogP contribution in [0, 0.1) is 17.0 Å². The number of nitrogens with zero attached hydrogens (tertiary/aromatic N) is 4. The minimum atomic E-state index is -0.546. The Hall–Kier alpha value is -2.91. The van der Waals surface area contributed by atoms with Gasteiger partial charge >= 0.3 is 0 Å². The number of nitrogens with one attached hydrogen (secondary N) is 1. The summed E-state index contributed by atoms with van der Waals surface area (Å²) in [6, 6.07) is 13.8. The van der Waals surface area contributed by atoms with E-state index in [1.54, 1.807) is 0 Å². The van der Waals surface area contributed by atoms with E-state index in [-0.39, 0.29) is 22.4 Å². The second-order valence-corrected chi connectivity index (χ2v) is 7.21. The average molecular weight is 418 g/mol. The SMILES string of the molecule is Cc1nnc(SCC(=O)Nc2ccc([N+](=O)[O-])cc2Cl)n1Cc1ccccc1. The van der Waals surface area contributed by atoms with Gasteiger partial charge in [-0.1, -0.05) is 53.7 Å². The van der Waals surface area contributed by atoms with E-state index in [1.165, 1.54) is 30.0 Å². The summed E-state index contributed by atoms with van der Waals surface area (Å²) in [4.78, 5) is 22.5. The van der Waals surface area contributed by atoms with Crippen molar-refractivity contribution in [3.63, 3.8) is 0 Å². The summed E-state index contributed by atoms with van der Waals surface area (Å²) in [5.41, 5.74) is 1.29. The van der Waals surface area contributed by atoms with E-state index >= 15 is 0 Å². The summed E-state index contributed by atoms with van der Waals surface area (Å²) in [6.45, 7) is 2.47. The fraction of sp³-hybridized carbons (Fsp3) is 0.167. The summed E-state index contributed by atoms with van der Waals surface area (Å²) in [6.07, 6.45) is 0. The van der Waals surface area contributed by atoms with Crippen LogP contribution in [0.15, 0.2) is 53.7 Å². The first-order valence-corrected chi connectivity index (χ1v) is 9.60. The topological polar surface area (TPSA) is 103 Å². The Morgan fingerprint density at radius 2 is 2.00 bits per heavy atom. The second-order valence-electron chi connectivity index (χ2n) is 5.86. The minimum Gasteiger partial charge on any atom is -0.324 e. The summed E-state index contributed by atoms with van der Waals surface area (Å²) in [7, 11) is 0. The minimum absolute atomic E-state index is 0.0975. The van der Waals surface area contributed by atoms with Crippen LogP contribution in [-0.2, 0) is 11.3 Å². The van der Waals surface area contributed by atoms with Crippen molar-refractivity contribution in [1.82, 2.24) is 14.8 Å². The Labute approximate surface area is 170 Å². The number of anilines is 1. The molecule has 1 heterocycles. The predicted octanol–water partition coefficient (Wildman–Crippen LogP) is 3.93.